The van der Waals surface area contributed by atoms with E-state index in [1.807, 2.05) is 11.8 Å². The molecular weight excluding hydrogens is 412 g/mol. The second kappa shape index (κ2) is 12.6. The van der Waals surface area contributed by atoms with Gasteiger partial charge in [0.25, 0.3) is 0 Å². The fourth-order valence-electron chi connectivity index (χ4n) is 4.62. The van der Waals surface area contributed by atoms with Crippen molar-refractivity contribution in [3.05, 3.63) is 0 Å². The molecule has 10 nitrogen and oxygen atoms in total. The van der Waals surface area contributed by atoms with Crippen molar-refractivity contribution < 1.29 is 20.9 Å². The van der Waals surface area contributed by atoms with Crippen LogP contribution in [0.4, 0.5) is 0 Å². The van der Waals surface area contributed by atoms with Crippen LogP contribution in [-0.4, -0.2) is 82.9 Å². The summed E-state index contributed by atoms with van der Waals surface area (Å²) in [5.41, 5.74) is 10.6. The minimum absolute atomic E-state index is 0.0408. The third kappa shape index (κ3) is 7.36. The SMILES string of the molecule is [2H]CN(C1CCCCCC1)[C@@H](C)C(=O)N1CCC[C@H]1C(=O)N[C@@H](CCCN=C(N)N)C(=O)O. The number of aliphatic carboxylic acids is 1. The largest absolute Gasteiger partial charge is 0.480 e. The molecule has 2 fully saturated rings. The van der Waals surface area contributed by atoms with Gasteiger partial charge in [0.05, 0.1) is 6.04 Å². The van der Waals surface area contributed by atoms with Crippen molar-refractivity contribution in [3.8, 4) is 0 Å². The van der Waals surface area contributed by atoms with Gasteiger partial charge in [-0.1, -0.05) is 25.7 Å². The maximum Gasteiger partial charge on any atom is 0.326 e. The molecule has 182 valence electrons. The van der Waals surface area contributed by atoms with E-state index >= 15 is 0 Å². The molecule has 0 aromatic carbocycles. The van der Waals surface area contributed by atoms with Crippen molar-refractivity contribution >= 4 is 23.7 Å². The highest BCUT2D eigenvalue weighted by Gasteiger charge is 2.39. The summed E-state index contributed by atoms with van der Waals surface area (Å²) in [7, 11) is 0.0408. The van der Waals surface area contributed by atoms with Gasteiger partial charge >= 0.3 is 5.97 Å². The maximum atomic E-state index is 13.3. The van der Waals surface area contributed by atoms with E-state index < -0.39 is 30.0 Å². The molecule has 1 heterocycles. The van der Waals surface area contributed by atoms with Crippen molar-refractivity contribution in [1.82, 2.24) is 15.1 Å². The molecule has 0 radical (unpaired) electrons. The van der Waals surface area contributed by atoms with Crippen molar-refractivity contribution in [3.63, 3.8) is 0 Å². The number of likely N-dealkylation sites (N-methyl/N-ethyl adjacent to an activating group) is 1. The second-order valence-electron chi connectivity index (χ2n) is 8.87. The van der Waals surface area contributed by atoms with Gasteiger partial charge in [0, 0.05) is 20.5 Å². The molecule has 1 saturated carbocycles. The zero-order valence-corrected chi connectivity index (χ0v) is 19.2. The average molecular weight is 454 g/mol. The summed E-state index contributed by atoms with van der Waals surface area (Å²) in [4.78, 5) is 45.3. The van der Waals surface area contributed by atoms with Gasteiger partial charge in [0.15, 0.2) is 5.96 Å². The van der Waals surface area contributed by atoms with Gasteiger partial charge in [-0.15, -0.1) is 0 Å². The summed E-state index contributed by atoms with van der Waals surface area (Å²) in [6, 6.07) is -2.05. The van der Waals surface area contributed by atoms with Gasteiger partial charge < -0.3 is 26.8 Å². The van der Waals surface area contributed by atoms with Gasteiger partial charge in [-0.3, -0.25) is 19.5 Å². The first-order valence-electron chi connectivity index (χ1n) is 12.4. The number of hydrogen-bond donors (Lipinski definition) is 4. The van der Waals surface area contributed by atoms with Crippen LogP contribution < -0.4 is 16.8 Å². The lowest BCUT2D eigenvalue weighted by Gasteiger charge is -2.35. The number of guanidine groups is 1. The number of carbonyl (C=O) groups excluding carboxylic acids is 2. The molecule has 6 N–H and O–H groups in total. The Labute approximate surface area is 192 Å². The van der Waals surface area contributed by atoms with E-state index in [1.165, 1.54) is 12.8 Å². The molecule has 2 rings (SSSR count). The molecule has 1 aliphatic carbocycles. The van der Waals surface area contributed by atoms with Crippen molar-refractivity contribution in [1.29, 1.82) is 0 Å². The number of amides is 2. The Kier molecular flexibility index (Phi) is 9.58. The maximum absolute atomic E-state index is 13.3. The van der Waals surface area contributed by atoms with Gasteiger partial charge in [-0.25, -0.2) is 4.79 Å². The van der Waals surface area contributed by atoms with Crippen LogP contribution in [0.2, 0.25) is 0 Å². The van der Waals surface area contributed by atoms with Crippen LogP contribution in [0, 0.1) is 0 Å². The molecule has 2 amide bonds. The summed E-state index contributed by atoms with van der Waals surface area (Å²) in [5, 5.41) is 12.1. The van der Waals surface area contributed by atoms with E-state index in [-0.39, 0.29) is 37.9 Å². The second-order valence-corrected chi connectivity index (χ2v) is 8.87. The van der Waals surface area contributed by atoms with Gasteiger partial charge in [0.2, 0.25) is 11.8 Å². The molecule has 0 spiro atoms. The number of carboxylic acids is 1. The standard InChI is InChI=1S/C22H40N6O4/c1-15(27(2)16-9-5-3-4-6-10-16)20(30)28-14-8-12-18(28)19(29)26-17(21(31)32)11-7-13-25-22(23)24/h15-18H,3-14H2,1-2H3,(H,26,29)(H,31,32)(H4,23,24,25)/t15-,17-,18-/m0/s1/i2D. The Morgan fingerprint density at radius 3 is 2.47 bits per heavy atom. The summed E-state index contributed by atoms with van der Waals surface area (Å²) < 4.78 is 8.03. The van der Waals surface area contributed by atoms with Crippen LogP contribution >= 0.6 is 0 Å². The Morgan fingerprint density at radius 1 is 1.19 bits per heavy atom. The first-order chi connectivity index (χ1) is 15.8. The van der Waals surface area contributed by atoms with Crippen LogP contribution in [0.3, 0.4) is 0 Å². The molecule has 1 aliphatic heterocycles. The van der Waals surface area contributed by atoms with E-state index in [4.69, 9.17) is 12.8 Å². The lowest BCUT2D eigenvalue weighted by Crippen LogP contribution is -2.55. The van der Waals surface area contributed by atoms with Gasteiger partial charge in [0.1, 0.15) is 12.1 Å². The summed E-state index contributed by atoms with van der Waals surface area (Å²) >= 11 is 0. The fraction of sp³-hybridized carbons (Fsp3) is 0.818. The highest BCUT2D eigenvalue weighted by atomic mass is 16.4. The number of nitrogens with zero attached hydrogens (tertiary/aromatic N) is 3. The van der Waals surface area contributed by atoms with E-state index in [0.717, 1.165) is 25.7 Å². The predicted molar refractivity (Wildman–Crippen MR) is 123 cm³/mol. The number of likely N-dealkylation sites (tertiary alicyclic amines) is 1. The molecule has 3 atom stereocenters. The number of nitrogens with two attached hydrogens (primary N) is 2. The van der Waals surface area contributed by atoms with Crippen LogP contribution in [0.1, 0.15) is 72.5 Å². The molecule has 0 bridgehead atoms. The monoisotopic (exact) mass is 453 g/mol. The molecule has 10 heteroatoms. The quantitative estimate of drug-likeness (QED) is 0.164. The molecular formula is C22H40N6O4. The minimum atomic E-state index is -1.13. The van der Waals surface area contributed by atoms with Crippen molar-refractivity contribution in [2.75, 3.05) is 20.1 Å². The van der Waals surface area contributed by atoms with Crippen LogP contribution in [0.25, 0.3) is 0 Å². The van der Waals surface area contributed by atoms with Crippen LogP contribution in [0.15, 0.2) is 4.99 Å². The summed E-state index contributed by atoms with van der Waals surface area (Å²) in [6.45, 7) is 2.55. The van der Waals surface area contributed by atoms with E-state index in [9.17, 15) is 19.5 Å². The highest BCUT2D eigenvalue weighted by Crippen LogP contribution is 2.25. The minimum Gasteiger partial charge on any atom is -0.480 e. The summed E-state index contributed by atoms with van der Waals surface area (Å²) in [5.74, 6) is -1.81. The molecule has 2 aliphatic rings. The van der Waals surface area contributed by atoms with Crippen molar-refractivity contribution in [2.24, 2.45) is 16.5 Å². The normalized spacial score (nSPS) is 22.0. The Bertz CT molecular complexity index is 694. The Hall–Kier alpha value is -2.36. The van der Waals surface area contributed by atoms with Gasteiger partial charge in [-0.2, -0.15) is 0 Å². The zero-order valence-electron chi connectivity index (χ0n) is 20.2. The predicted octanol–water partition coefficient (Wildman–Crippen LogP) is 0.644. The molecule has 1 saturated heterocycles. The van der Waals surface area contributed by atoms with E-state index in [0.29, 0.717) is 25.8 Å². The van der Waals surface area contributed by atoms with Gasteiger partial charge in [-0.05, 0) is 52.5 Å². The fourth-order valence-corrected chi connectivity index (χ4v) is 4.62. The topological polar surface area (TPSA) is 154 Å². The first kappa shape index (κ1) is 24.3. The molecule has 0 aromatic rings. The lowest BCUT2D eigenvalue weighted by atomic mass is 10.0. The Balaban J connectivity index is 2.00. The number of carboxylic acid groups (broad SMARTS) is 1. The van der Waals surface area contributed by atoms with Crippen LogP contribution in [0.5, 0.6) is 0 Å². The number of hydrogen-bond acceptors (Lipinski definition) is 5. The number of carbonyl (C=O) groups is 3. The number of rotatable bonds is 10. The number of nitrogens with one attached hydrogen (secondary N) is 1. The highest BCUT2D eigenvalue weighted by molar-refractivity contribution is 5.92. The molecule has 0 aromatic heterocycles. The third-order valence-electron chi connectivity index (χ3n) is 6.55. The van der Waals surface area contributed by atoms with Crippen LogP contribution in [-0.2, 0) is 14.4 Å². The zero-order chi connectivity index (χ0) is 24.4. The third-order valence-corrected chi connectivity index (χ3v) is 6.55. The first-order valence-corrected chi connectivity index (χ1v) is 11.7. The number of aliphatic imine (C=N–C) groups is 1. The Morgan fingerprint density at radius 2 is 1.88 bits per heavy atom. The van der Waals surface area contributed by atoms with Crippen molar-refractivity contribution in [2.45, 2.75) is 95.3 Å². The van der Waals surface area contributed by atoms with E-state index in [1.54, 1.807) is 4.90 Å². The smallest absolute Gasteiger partial charge is 0.326 e. The lowest BCUT2D eigenvalue weighted by molar-refractivity contribution is -0.145. The molecule has 32 heavy (non-hydrogen) atoms. The van der Waals surface area contributed by atoms with E-state index in [2.05, 4.69) is 10.3 Å². The summed E-state index contributed by atoms with van der Waals surface area (Å²) in [6.07, 6.45) is 8.33. The molecule has 0 unspecified atom stereocenters. The average Bonchev–Trinajstić information content (AvgIpc) is 3.12.